The quantitative estimate of drug-likeness (QED) is 0.646. The molecule has 2 aromatic heterocycles. The molecule has 0 amide bonds. The van der Waals surface area contributed by atoms with E-state index in [-0.39, 0.29) is 11.4 Å². The fourth-order valence-corrected chi connectivity index (χ4v) is 2.35. The molecule has 3 aromatic rings. The van der Waals surface area contributed by atoms with Crippen molar-refractivity contribution in [2.45, 2.75) is 0 Å². The molecule has 3 rings (SSSR count). The minimum Gasteiger partial charge on any atom is -0.287 e. The summed E-state index contributed by atoms with van der Waals surface area (Å²) in [5.41, 5.74) is 0.930. The van der Waals surface area contributed by atoms with Crippen molar-refractivity contribution < 1.29 is 4.39 Å². The Morgan fingerprint density at radius 2 is 1.90 bits per heavy atom. The third-order valence-electron chi connectivity index (χ3n) is 3.10. The molecule has 0 atom stereocenters. The second-order valence-corrected chi connectivity index (χ2v) is 4.70. The maximum absolute atomic E-state index is 13.1. The van der Waals surface area contributed by atoms with Gasteiger partial charge in [0.1, 0.15) is 5.82 Å². The van der Waals surface area contributed by atoms with Crippen LogP contribution in [0.5, 0.6) is 0 Å². The lowest BCUT2D eigenvalue weighted by Gasteiger charge is -2.12. The summed E-state index contributed by atoms with van der Waals surface area (Å²) >= 11 is 5.32. The Balaban J connectivity index is 2.50. The maximum atomic E-state index is 13.1. The highest BCUT2D eigenvalue weighted by molar-refractivity contribution is 7.71. The van der Waals surface area contributed by atoms with Crippen LogP contribution in [0.2, 0.25) is 0 Å². The Bertz CT molecular complexity index is 912. The lowest BCUT2D eigenvalue weighted by Crippen LogP contribution is -2.22. The molecule has 0 bridgehead atoms. The van der Waals surface area contributed by atoms with Crippen LogP contribution in [0.25, 0.3) is 16.7 Å². The highest BCUT2D eigenvalue weighted by atomic mass is 32.1. The standard InChI is InChI=1S/C14H10FN3OS/c1-17-13(19)11-3-2-8-16-12(11)18(14(17)20)10-6-4-9(15)5-7-10/h2-8H,1H3. The first-order valence-electron chi connectivity index (χ1n) is 5.92. The Morgan fingerprint density at radius 3 is 2.60 bits per heavy atom. The van der Waals surface area contributed by atoms with Crippen molar-refractivity contribution in [1.82, 2.24) is 14.1 Å². The van der Waals surface area contributed by atoms with E-state index < -0.39 is 0 Å². The molecular formula is C14H10FN3OS. The predicted molar refractivity (Wildman–Crippen MR) is 77.1 cm³/mol. The number of pyridine rings is 1. The van der Waals surface area contributed by atoms with E-state index in [1.807, 2.05) is 0 Å². The van der Waals surface area contributed by atoms with Crippen LogP contribution in [0.3, 0.4) is 0 Å². The zero-order chi connectivity index (χ0) is 14.3. The number of halogens is 1. The zero-order valence-corrected chi connectivity index (χ0v) is 11.4. The Hall–Kier alpha value is -2.34. The van der Waals surface area contributed by atoms with E-state index in [1.54, 1.807) is 42.1 Å². The summed E-state index contributed by atoms with van der Waals surface area (Å²) < 4.78 is 16.4. The molecule has 6 heteroatoms. The molecule has 1 aromatic carbocycles. The van der Waals surface area contributed by atoms with E-state index in [2.05, 4.69) is 4.98 Å². The monoisotopic (exact) mass is 287 g/mol. The fourth-order valence-electron chi connectivity index (χ4n) is 2.07. The number of aromatic nitrogens is 3. The zero-order valence-electron chi connectivity index (χ0n) is 10.6. The topological polar surface area (TPSA) is 39.8 Å². The van der Waals surface area contributed by atoms with Crippen LogP contribution in [0.4, 0.5) is 4.39 Å². The maximum Gasteiger partial charge on any atom is 0.263 e. The highest BCUT2D eigenvalue weighted by Gasteiger charge is 2.10. The summed E-state index contributed by atoms with van der Waals surface area (Å²) in [4.78, 5) is 16.4. The number of nitrogens with zero attached hydrogens (tertiary/aromatic N) is 3. The van der Waals surface area contributed by atoms with Gasteiger partial charge in [-0.05, 0) is 48.6 Å². The van der Waals surface area contributed by atoms with Crippen molar-refractivity contribution in [2.75, 3.05) is 0 Å². The number of fused-ring (bicyclic) bond motifs is 1. The summed E-state index contributed by atoms with van der Waals surface area (Å²) in [6.45, 7) is 0. The molecule has 0 aliphatic carbocycles. The lowest BCUT2D eigenvalue weighted by molar-refractivity contribution is 0.627. The van der Waals surface area contributed by atoms with E-state index in [1.165, 1.54) is 16.7 Å². The van der Waals surface area contributed by atoms with Gasteiger partial charge in [0, 0.05) is 13.2 Å². The average Bonchev–Trinajstić information content (AvgIpc) is 2.47. The number of rotatable bonds is 1. The second kappa shape index (κ2) is 4.64. The van der Waals surface area contributed by atoms with Crippen molar-refractivity contribution in [3.05, 3.63) is 63.5 Å². The lowest BCUT2D eigenvalue weighted by atomic mass is 10.3. The van der Waals surface area contributed by atoms with Gasteiger partial charge in [-0.15, -0.1) is 0 Å². The largest absolute Gasteiger partial charge is 0.287 e. The van der Waals surface area contributed by atoms with Crippen molar-refractivity contribution in [3.8, 4) is 5.69 Å². The summed E-state index contributed by atoms with van der Waals surface area (Å²) in [7, 11) is 1.61. The number of hydrogen-bond acceptors (Lipinski definition) is 3. The van der Waals surface area contributed by atoms with Gasteiger partial charge in [0.05, 0.1) is 11.1 Å². The number of benzene rings is 1. The molecule has 20 heavy (non-hydrogen) atoms. The van der Waals surface area contributed by atoms with E-state index in [0.29, 0.717) is 21.5 Å². The average molecular weight is 287 g/mol. The van der Waals surface area contributed by atoms with Crippen molar-refractivity contribution in [1.29, 1.82) is 0 Å². The van der Waals surface area contributed by atoms with Gasteiger partial charge in [0.25, 0.3) is 5.56 Å². The van der Waals surface area contributed by atoms with E-state index in [9.17, 15) is 9.18 Å². The smallest absolute Gasteiger partial charge is 0.263 e. The molecule has 0 saturated heterocycles. The Morgan fingerprint density at radius 1 is 1.20 bits per heavy atom. The molecular weight excluding hydrogens is 277 g/mol. The Labute approximate surface area is 118 Å². The molecule has 0 spiro atoms. The van der Waals surface area contributed by atoms with Crippen LogP contribution >= 0.6 is 12.2 Å². The van der Waals surface area contributed by atoms with Crippen molar-refractivity contribution in [3.63, 3.8) is 0 Å². The summed E-state index contributed by atoms with van der Waals surface area (Å²) in [6, 6.07) is 9.28. The van der Waals surface area contributed by atoms with Crippen LogP contribution < -0.4 is 5.56 Å². The first-order valence-corrected chi connectivity index (χ1v) is 6.33. The van der Waals surface area contributed by atoms with Gasteiger partial charge in [0.2, 0.25) is 0 Å². The molecule has 0 N–H and O–H groups in total. The number of hydrogen-bond donors (Lipinski definition) is 0. The third kappa shape index (κ3) is 1.85. The predicted octanol–water partition coefficient (Wildman–Crippen LogP) is 2.59. The minimum atomic E-state index is -0.331. The third-order valence-corrected chi connectivity index (χ3v) is 3.55. The van der Waals surface area contributed by atoms with E-state index >= 15 is 0 Å². The second-order valence-electron chi connectivity index (χ2n) is 4.33. The van der Waals surface area contributed by atoms with Gasteiger partial charge in [0.15, 0.2) is 10.4 Å². The van der Waals surface area contributed by atoms with Crippen molar-refractivity contribution in [2.24, 2.45) is 7.05 Å². The summed E-state index contributed by atoms with van der Waals surface area (Å²) in [5.74, 6) is -0.331. The molecule has 2 heterocycles. The first-order chi connectivity index (χ1) is 9.59. The highest BCUT2D eigenvalue weighted by Crippen LogP contribution is 2.15. The molecule has 0 saturated carbocycles. The van der Waals surface area contributed by atoms with Crippen LogP contribution in [0.1, 0.15) is 0 Å². The summed E-state index contributed by atoms with van der Waals surface area (Å²) in [6.07, 6.45) is 1.59. The van der Waals surface area contributed by atoms with Gasteiger partial charge >= 0.3 is 0 Å². The SMILES string of the molecule is Cn1c(=O)c2cccnc2n(-c2ccc(F)cc2)c1=S. The molecule has 0 unspecified atom stereocenters. The molecule has 0 fully saturated rings. The minimum absolute atomic E-state index is 0.198. The van der Waals surface area contributed by atoms with Gasteiger partial charge in [-0.1, -0.05) is 0 Å². The molecule has 100 valence electrons. The van der Waals surface area contributed by atoms with Crippen LogP contribution in [-0.4, -0.2) is 14.1 Å². The normalized spacial score (nSPS) is 10.9. The Kier molecular flexibility index (Phi) is 2.94. The van der Waals surface area contributed by atoms with Crippen LogP contribution in [0.15, 0.2) is 47.4 Å². The van der Waals surface area contributed by atoms with Gasteiger partial charge in [-0.3, -0.25) is 13.9 Å². The first kappa shape index (κ1) is 12.7. The summed E-state index contributed by atoms with van der Waals surface area (Å²) in [5, 5.41) is 0.466. The van der Waals surface area contributed by atoms with E-state index in [0.717, 1.165) is 0 Å². The van der Waals surface area contributed by atoms with Gasteiger partial charge in [-0.2, -0.15) is 0 Å². The van der Waals surface area contributed by atoms with Crippen LogP contribution in [-0.2, 0) is 7.05 Å². The van der Waals surface area contributed by atoms with Crippen molar-refractivity contribution >= 4 is 23.3 Å². The van der Waals surface area contributed by atoms with E-state index in [4.69, 9.17) is 12.2 Å². The van der Waals surface area contributed by atoms with Gasteiger partial charge < -0.3 is 0 Å². The molecule has 4 nitrogen and oxygen atoms in total. The molecule has 0 radical (unpaired) electrons. The van der Waals surface area contributed by atoms with Gasteiger partial charge in [-0.25, -0.2) is 9.37 Å². The molecule has 0 aliphatic rings. The van der Waals surface area contributed by atoms with Crippen LogP contribution in [0, 0.1) is 10.6 Å². The molecule has 0 aliphatic heterocycles. The fraction of sp³-hybridized carbons (Fsp3) is 0.0714.